The third-order valence-corrected chi connectivity index (χ3v) is 4.06. The molecule has 3 aromatic rings. The second-order valence-corrected chi connectivity index (χ2v) is 5.34. The van der Waals surface area contributed by atoms with Crippen LogP contribution in [0.4, 0.5) is 5.69 Å². The largest absolute Gasteiger partial charge is 0.322 e. The topological polar surface area (TPSA) is 25.2 Å². The predicted octanol–water partition coefficient (Wildman–Crippen LogP) is 3.82. The lowest BCUT2D eigenvalue weighted by atomic mass is 10.2. The standard InChI is InChI=1S/C16H14N2OS/c1-17(13-7-3-2-4-8-13)16(19)15-14(9-12-20-15)18-10-5-6-11-18/h2-12H,1H3. The van der Waals surface area contributed by atoms with E-state index >= 15 is 0 Å². The van der Waals surface area contributed by atoms with Gasteiger partial charge in [0.2, 0.25) is 0 Å². The van der Waals surface area contributed by atoms with Crippen molar-refractivity contribution < 1.29 is 4.79 Å². The van der Waals surface area contributed by atoms with Gasteiger partial charge in [-0.25, -0.2) is 0 Å². The fourth-order valence-corrected chi connectivity index (χ4v) is 2.95. The van der Waals surface area contributed by atoms with Gasteiger partial charge in [0.05, 0.1) is 5.69 Å². The molecule has 0 bridgehead atoms. The lowest BCUT2D eigenvalue weighted by Gasteiger charge is -2.17. The monoisotopic (exact) mass is 282 g/mol. The van der Waals surface area contributed by atoms with Gasteiger partial charge < -0.3 is 9.47 Å². The highest BCUT2D eigenvalue weighted by molar-refractivity contribution is 7.12. The van der Waals surface area contributed by atoms with Crippen molar-refractivity contribution in [2.45, 2.75) is 0 Å². The molecular formula is C16H14N2OS. The van der Waals surface area contributed by atoms with E-state index in [1.807, 2.05) is 70.9 Å². The number of amides is 1. The Morgan fingerprint density at radius 1 is 1.05 bits per heavy atom. The van der Waals surface area contributed by atoms with Crippen molar-refractivity contribution >= 4 is 22.9 Å². The summed E-state index contributed by atoms with van der Waals surface area (Å²) in [7, 11) is 1.80. The van der Waals surface area contributed by atoms with Crippen LogP contribution in [0.25, 0.3) is 5.69 Å². The van der Waals surface area contributed by atoms with E-state index in [0.717, 1.165) is 16.3 Å². The van der Waals surface area contributed by atoms with Gasteiger partial charge in [0, 0.05) is 25.1 Å². The van der Waals surface area contributed by atoms with Gasteiger partial charge in [-0.1, -0.05) is 18.2 Å². The fraction of sp³-hybridized carbons (Fsp3) is 0.0625. The van der Waals surface area contributed by atoms with E-state index in [2.05, 4.69) is 0 Å². The van der Waals surface area contributed by atoms with Crippen LogP contribution < -0.4 is 4.90 Å². The Kier molecular flexibility index (Phi) is 3.39. The Morgan fingerprint density at radius 2 is 1.75 bits per heavy atom. The summed E-state index contributed by atoms with van der Waals surface area (Å²) in [5.41, 5.74) is 1.82. The van der Waals surface area contributed by atoms with Gasteiger partial charge in [0.1, 0.15) is 4.88 Å². The van der Waals surface area contributed by atoms with Crippen LogP contribution in [0, 0.1) is 0 Å². The molecule has 1 amide bonds. The van der Waals surface area contributed by atoms with Crippen LogP contribution >= 0.6 is 11.3 Å². The van der Waals surface area contributed by atoms with E-state index in [9.17, 15) is 4.79 Å². The quantitative estimate of drug-likeness (QED) is 0.717. The number of hydrogen-bond donors (Lipinski definition) is 0. The number of carbonyl (C=O) groups is 1. The number of nitrogens with zero attached hydrogens (tertiary/aromatic N) is 2. The summed E-state index contributed by atoms with van der Waals surface area (Å²) in [5.74, 6) is 0.00917. The first-order chi connectivity index (χ1) is 9.77. The van der Waals surface area contributed by atoms with E-state index in [-0.39, 0.29) is 5.91 Å². The van der Waals surface area contributed by atoms with E-state index in [0.29, 0.717) is 0 Å². The van der Waals surface area contributed by atoms with E-state index in [1.54, 1.807) is 11.9 Å². The van der Waals surface area contributed by atoms with Gasteiger partial charge >= 0.3 is 0 Å². The smallest absolute Gasteiger partial charge is 0.270 e. The van der Waals surface area contributed by atoms with E-state index < -0.39 is 0 Å². The first-order valence-electron chi connectivity index (χ1n) is 6.31. The van der Waals surface area contributed by atoms with Gasteiger partial charge in [-0.05, 0) is 35.7 Å². The van der Waals surface area contributed by atoms with Crippen molar-refractivity contribution in [2.75, 3.05) is 11.9 Å². The molecule has 4 heteroatoms. The summed E-state index contributed by atoms with van der Waals surface area (Å²) in [6.07, 6.45) is 3.89. The molecule has 0 aliphatic heterocycles. The van der Waals surface area contributed by atoms with Gasteiger partial charge in [-0.2, -0.15) is 0 Å². The van der Waals surface area contributed by atoms with Crippen molar-refractivity contribution in [2.24, 2.45) is 0 Å². The number of thiophene rings is 1. The zero-order valence-corrected chi connectivity index (χ0v) is 11.9. The van der Waals surface area contributed by atoms with Crippen LogP contribution in [0.2, 0.25) is 0 Å². The molecule has 3 nitrogen and oxygen atoms in total. The summed E-state index contributed by atoms with van der Waals surface area (Å²) in [5, 5.41) is 1.95. The number of anilines is 1. The molecular weight excluding hydrogens is 268 g/mol. The van der Waals surface area contributed by atoms with Crippen LogP contribution in [-0.2, 0) is 0 Å². The predicted molar refractivity (Wildman–Crippen MR) is 82.8 cm³/mol. The van der Waals surface area contributed by atoms with Crippen molar-refractivity contribution in [3.8, 4) is 5.69 Å². The minimum absolute atomic E-state index is 0.00917. The summed E-state index contributed by atoms with van der Waals surface area (Å²) < 4.78 is 1.96. The number of benzene rings is 1. The maximum atomic E-state index is 12.6. The maximum Gasteiger partial charge on any atom is 0.270 e. The number of para-hydroxylation sites is 1. The third-order valence-electron chi connectivity index (χ3n) is 3.17. The Bertz CT molecular complexity index is 701. The van der Waals surface area contributed by atoms with Crippen LogP contribution in [0.3, 0.4) is 0 Å². The lowest BCUT2D eigenvalue weighted by Crippen LogP contribution is -2.26. The van der Waals surface area contributed by atoms with Gasteiger partial charge in [0.25, 0.3) is 5.91 Å². The van der Waals surface area contributed by atoms with Crippen molar-refractivity contribution in [3.63, 3.8) is 0 Å². The molecule has 0 saturated heterocycles. The average molecular weight is 282 g/mol. The molecule has 0 spiro atoms. The van der Waals surface area contributed by atoms with Crippen molar-refractivity contribution in [1.82, 2.24) is 4.57 Å². The summed E-state index contributed by atoms with van der Waals surface area (Å²) in [4.78, 5) is 15.1. The highest BCUT2D eigenvalue weighted by atomic mass is 32.1. The Morgan fingerprint density at radius 3 is 2.45 bits per heavy atom. The van der Waals surface area contributed by atoms with E-state index in [4.69, 9.17) is 0 Å². The molecule has 20 heavy (non-hydrogen) atoms. The van der Waals surface area contributed by atoms with Gasteiger partial charge in [-0.3, -0.25) is 4.79 Å². The highest BCUT2D eigenvalue weighted by Gasteiger charge is 2.19. The molecule has 0 unspecified atom stereocenters. The molecule has 100 valence electrons. The van der Waals surface area contributed by atoms with Gasteiger partial charge in [0.15, 0.2) is 0 Å². The zero-order valence-electron chi connectivity index (χ0n) is 11.1. The Labute approximate surface area is 121 Å². The minimum atomic E-state index is 0.00917. The van der Waals surface area contributed by atoms with Crippen molar-refractivity contribution in [1.29, 1.82) is 0 Å². The van der Waals surface area contributed by atoms with Crippen LogP contribution in [0.1, 0.15) is 9.67 Å². The lowest BCUT2D eigenvalue weighted by molar-refractivity contribution is 0.0997. The van der Waals surface area contributed by atoms with Crippen LogP contribution in [0.15, 0.2) is 66.3 Å². The summed E-state index contributed by atoms with van der Waals surface area (Å²) >= 11 is 1.47. The molecule has 0 saturated carbocycles. The van der Waals surface area contributed by atoms with Crippen LogP contribution in [0.5, 0.6) is 0 Å². The SMILES string of the molecule is CN(C(=O)c1sccc1-n1cccc1)c1ccccc1. The molecule has 3 rings (SSSR count). The zero-order chi connectivity index (χ0) is 13.9. The molecule has 0 aliphatic carbocycles. The number of hydrogen-bond acceptors (Lipinski definition) is 2. The molecule has 0 aliphatic rings. The number of rotatable bonds is 3. The maximum absolute atomic E-state index is 12.6. The van der Waals surface area contributed by atoms with E-state index in [1.165, 1.54) is 11.3 Å². The first kappa shape index (κ1) is 12.7. The molecule has 1 aromatic carbocycles. The normalized spacial score (nSPS) is 10.4. The molecule has 0 atom stereocenters. The second-order valence-electron chi connectivity index (χ2n) is 4.42. The molecule has 0 N–H and O–H groups in total. The van der Waals surface area contributed by atoms with Crippen LogP contribution in [-0.4, -0.2) is 17.5 Å². The number of carbonyl (C=O) groups excluding carboxylic acids is 1. The molecule has 2 aromatic heterocycles. The minimum Gasteiger partial charge on any atom is -0.322 e. The molecule has 0 fully saturated rings. The fourth-order valence-electron chi connectivity index (χ4n) is 2.08. The van der Waals surface area contributed by atoms with Gasteiger partial charge in [-0.15, -0.1) is 11.3 Å². The molecule has 0 radical (unpaired) electrons. The average Bonchev–Trinajstić information content (AvgIpc) is 3.16. The number of aromatic nitrogens is 1. The third kappa shape index (κ3) is 2.26. The molecule has 2 heterocycles. The highest BCUT2D eigenvalue weighted by Crippen LogP contribution is 2.24. The first-order valence-corrected chi connectivity index (χ1v) is 7.19. The Hall–Kier alpha value is -2.33. The Balaban J connectivity index is 1.94. The summed E-state index contributed by atoms with van der Waals surface area (Å²) in [6.45, 7) is 0. The summed E-state index contributed by atoms with van der Waals surface area (Å²) in [6, 6.07) is 15.5. The van der Waals surface area contributed by atoms with Crippen molar-refractivity contribution in [3.05, 3.63) is 71.2 Å². The second kappa shape index (κ2) is 5.35.